The van der Waals surface area contributed by atoms with Crippen LogP contribution in [0.25, 0.3) is 44.9 Å². The van der Waals surface area contributed by atoms with E-state index in [9.17, 15) is 12.8 Å². The molecule has 6 rings (SSSR count). The number of nitrogens with zero attached hydrogens (tertiary/aromatic N) is 4. The van der Waals surface area contributed by atoms with Crippen molar-refractivity contribution in [3.63, 3.8) is 0 Å². The minimum absolute atomic E-state index is 0.0124. The zero-order valence-corrected chi connectivity index (χ0v) is 20.2. The molecule has 5 aromatic rings. The summed E-state index contributed by atoms with van der Waals surface area (Å²) >= 11 is 0. The maximum atomic E-state index is 13.7. The second-order valence-corrected chi connectivity index (χ2v) is 11.4. The van der Waals surface area contributed by atoms with Gasteiger partial charge in [0.2, 0.25) is 5.71 Å². The molecule has 0 radical (unpaired) electrons. The first-order valence-corrected chi connectivity index (χ1v) is 13.6. The van der Waals surface area contributed by atoms with E-state index in [1.807, 2.05) is 42.6 Å². The smallest absolute Gasteiger partial charge is 0.230 e. The lowest BCUT2D eigenvalue weighted by Crippen LogP contribution is -2.28. The van der Waals surface area contributed by atoms with Crippen LogP contribution < -0.4 is 0 Å². The predicted molar refractivity (Wildman–Crippen MR) is 135 cm³/mol. The summed E-state index contributed by atoms with van der Waals surface area (Å²) in [6, 6.07) is 17.8. The number of aromatic nitrogens is 4. The van der Waals surface area contributed by atoms with Crippen molar-refractivity contribution in [3.05, 3.63) is 79.0 Å². The molecule has 0 N–H and O–H groups in total. The first-order chi connectivity index (χ1) is 17.4. The minimum atomic E-state index is -3.03. The molecular formula is C27H23FN4O3S. The van der Waals surface area contributed by atoms with Crippen molar-refractivity contribution in [2.24, 2.45) is 5.92 Å². The fraction of sp³-hybridized carbons (Fsp3) is 0.222. The van der Waals surface area contributed by atoms with Gasteiger partial charge in [-0.25, -0.2) is 22.8 Å². The van der Waals surface area contributed by atoms with Crippen LogP contribution in [0.5, 0.6) is 0 Å². The standard InChI is InChI=1S/C27H23FN4O3S/c28-21-10-8-20(9-11-21)25-23(15-32(31-25)14-18-5-4-12-36(33,34)16-18)26-22-13-24(19-6-2-1-3-7-19)35-27(22)30-17-29-26/h1-3,6-11,13,15,17-18H,4-5,12,14,16H2/t18-/m0/s1. The van der Waals surface area contributed by atoms with Crippen LogP contribution in [-0.2, 0) is 16.4 Å². The maximum absolute atomic E-state index is 13.7. The summed E-state index contributed by atoms with van der Waals surface area (Å²) in [6.45, 7) is 0.475. The van der Waals surface area contributed by atoms with E-state index in [-0.39, 0.29) is 23.2 Å². The van der Waals surface area contributed by atoms with Gasteiger partial charge in [-0.15, -0.1) is 0 Å². The molecular weight excluding hydrogens is 479 g/mol. The molecule has 1 fully saturated rings. The molecule has 182 valence electrons. The van der Waals surface area contributed by atoms with Gasteiger partial charge in [0.15, 0.2) is 9.84 Å². The van der Waals surface area contributed by atoms with E-state index >= 15 is 0 Å². The van der Waals surface area contributed by atoms with Gasteiger partial charge in [-0.3, -0.25) is 4.68 Å². The van der Waals surface area contributed by atoms with Crippen LogP contribution in [0, 0.1) is 11.7 Å². The zero-order valence-electron chi connectivity index (χ0n) is 19.3. The van der Waals surface area contributed by atoms with Crippen LogP contribution in [0.3, 0.4) is 0 Å². The molecule has 36 heavy (non-hydrogen) atoms. The Morgan fingerprint density at radius 2 is 1.81 bits per heavy atom. The molecule has 0 spiro atoms. The van der Waals surface area contributed by atoms with Gasteiger partial charge in [0.1, 0.15) is 23.6 Å². The Labute approximate surface area is 207 Å². The average molecular weight is 503 g/mol. The quantitative estimate of drug-likeness (QED) is 0.320. The molecule has 7 nitrogen and oxygen atoms in total. The number of hydrogen-bond acceptors (Lipinski definition) is 6. The summed E-state index contributed by atoms with van der Waals surface area (Å²) in [7, 11) is -3.03. The number of furan rings is 1. The van der Waals surface area contributed by atoms with Crippen molar-refractivity contribution in [2.45, 2.75) is 19.4 Å². The lowest BCUT2D eigenvalue weighted by Gasteiger charge is -2.21. The van der Waals surface area contributed by atoms with E-state index in [2.05, 4.69) is 9.97 Å². The van der Waals surface area contributed by atoms with Gasteiger partial charge in [-0.1, -0.05) is 30.3 Å². The van der Waals surface area contributed by atoms with Crippen molar-refractivity contribution in [1.82, 2.24) is 19.7 Å². The highest BCUT2D eigenvalue weighted by Crippen LogP contribution is 2.37. The van der Waals surface area contributed by atoms with Gasteiger partial charge in [0.05, 0.1) is 22.6 Å². The monoisotopic (exact) mass is 502 g/mol. The molecule has 9 heteroatoms. The summed E-state index contributed by atoms with van der Waals surface area (Å²) in [4.78, 5) is 8.90. The second-order valence-electron chi connectivity index (χ2n) is 9.16. The van der Waals surface area contributed by atoms with Crippen molar-refractivity contribution in [3.8, 4) is 33.8 Å². The van der Waals surface area contributed by atoms with E-state index in [1.165, 1.54) is 18.5 Å². The largest absolute Gasteiger partial charge is 0.438 e. The number of hydrogen-bond donors (Lipinski definition) is 0. The van der Waals surface area contributed by atoms with Crippen molar-refractivity contribution in [1.29, 1.82) is 0 Å². The molecule has 1 atom stereocenters. The van der Waals surface area contributed by atoms with Crippen LogP contribution in [0.4, 0.5) is 4.39 Å². The average Bonchev–Trinajstić information content (AvgIpc) is 3.49. The zero-order chi connectivity index (χ0) is 24.7. The summed E-state index contributed by atoms with van der Waals surface area (Å²) in [5, 5.41) is 5.54. The summed E-state index contributed by atoms with van der Waals surface area (Å²) in [6.07, 6.45) is 4.84. The highest BCUT2D eigenvalue weighted by molar-refractivity contribution is 7.91. The third-order valence-electron chi connectivity index (χ3n) is 6.52. The molecule has 0 saturated carbocycles. The van der Waals surface area contributed by atoms with Crippen LogP contribution in [0.2, 0.25) is 0 Å². The number of benzene rings is 2. The second kappa shape index (κ2) is 8.98. The maximum Gasteiger partial charge on any atom is 0.230 e. The number of fused-ring (bicyclic) bond motifs is 1. The summed E-state index contributed by atoms with van der Waals surface area (Å²) in [5.41, 5.74) is 4.14. The normalized spacial score (nSPS) is 17.4. The highest BCUT2D eigenvalue weighted by Gasteiger charge is 2.26. The SMILES string of the molecule is O=S1(=O)CCC[C@@H](Cn2cc(-c3ncnc4oc(-c5ccccc5)cc34)c(-c3ccc(F)cc3)n2)C1. The number of halogens is 1. The van der Waals surface area contributed by atoms with Crippen molar-refractivity contribution in [2.75, 3.05) is 11.5 Å². The van der Waals surface area contributed by atoms with Gasteiger partial charge < -0.3 is 4.42 Å². The summed E-state index contributed by atoms with van der Waals surface area (Å²) in [5.74, 6) is 0.738. The topological polar surface area (TPSA) is 90.9 Å². The molecule has 4 heterocycles. The van der Waals surface area contributed by atoms with Crippen molar-refractivity contribution >= 4 is 20.9 Å². The van der Waals surface area contributed by atoms with E-state index < -0.39 is 9.84 Å². The first kappa shape index (κ1) is 22.6. The van der Waals surface area contributed by atoms with Crippen LogP contribution >= 0.6 is 0 Å². The first-order valence-electron chi connectivity index (χ1n) is 11.8. The van der Waals surface area contributed by atoms with Crippen LogP contribution in [-0.4, -0.2) is 39.7 Å². The van der Waals surface area contributed by atoms with Crippen LogP contribution in [0.1, 0.15) is 12.8 Å². The van der Waals surface area contributed by atoms with E-state index in [0.29, 0.717) is 35.8 Å². The predicted octanol–water partition coefficient (Wildman–Crippen LogP) is 5.38. The van der Waals surface area contributed by atoms with Gasteiger partial charge in [0.25, 0.3) is 0 Å². The van der Waals surface area contributed by atoms with Gasteiger partial charge in [-0.05, 0) is 49.1 Å². The molecule has 0 bridgehead atoms. The molecule has 3 aromatic heterocycles. The van der Waals surface area contributed by atoms with Gasteiger partial charge >= 0.3 is 0 Å². The van der Waals surface area contributed by atoms with E-state index in [4.69, 9.17) is 9.52 Å². The lowest BCUT2D eigenvalue weighted by atomic mass is 10.0. The molecule has 0 aliphatic carbocycles. The number of sulfone groups is 1. The highest BCUT2D eigenvalue weighted by atomic mass is 32.2. The third kappa shape index (κ3) is 4.42. The molecule has 1 saturated heterocycles. The molecule has 1 aliphatic rings. The Morgan fingerprint density at radius 3 is 2.58 bits per heavy atom. The molecule has 1 aliphatic heterocycles. The van der Waals surface area contributed by atoms with Gasteiger partial charge in [0, 0.05) is 29.4 Å². The Morgan fingerprint density at radius 1 is 1.00 bits per heavy atom. The van der Waals surface area contributed by atoms with Crippen molar-refractivity contribution < 1.29 is 17.2 Å². The Balaban J connectivity index is 1.46. The molecule has 0 unspecified atom stereocenters. The van der Waals surface area contributed by atoms with E-state index in [0.717, 1.165) is 28.5 Å². The van der Waals surface area contributed by atoms with Gasteiger partial charge in [-0.2, -0.15) is 5.10 Å². The Hall–Kier alpha value is -3.85. The Bertz CT molecular complexity index is 1640. The molecule has 2 aromatic carbocycles. The van der Waals surface area contributed by atoms with Crippen LogP contribution in [0.15, 0.2) is 77.6 Å². The Kier molecular flexibility index (Phi) is 5.64. The minimum Gasteiger partial charge on any atom is -0.438 e. The summed E-state index contributed by atoms with van der Waals surface area (Å²) < 4.78 is 45.8. The fourth-order valence-electron chi connectivity index (χ4n) is 4.85. The fourth-order valence-corrected chi connectivity index (χ4v) is 6.61. The lowest BCUT2D eigenvalue weighted by molar-refractivity contribution is 0.406. The number of rotatable bonds is 5. The van der Waals surface area contributed by atoms with E-state index in [1.54, 1.807) is 16.8 Å². The third-order valence-corrected chi connectivity index (χ3v) is 8.41. The molecule has 0 amide bonds.